The Morgan fingerprint density at radius 1 is 1.00 bits per heavy atom. The van der Waals surface area contributed by atoms with E-state index in [2.05, 4.69) is 39.6 Å². The first-order chi connectivity index (χ1) is 15.1. The maximum atomic E-state index is 12.8. The van der Waals surface area contributed by atoms with E-state index in [0.717, 1.165) is 44.0 Å². The highest BCUT2D eigenvalue weighted by atomic mass is 35.5. The van der Waals surface area contributed by atoms with Gasteiger partial charge in [0.05, 0.1) is 31.0 Å². The summed E-state index contributed by atoms with van der Waals surface area (Å²) in [5, 5.41) is 7.79. The molecule has 1 saturated heterocycles. The molecule has 0 aliphatic carbocycles. The number of ether oxygens (including phenoxy) is 1. The lowest BCUT2D eigenvalue weighted by Gasteiger charge is -2.26. The van der Waals surface area contributed by atoms with E-state index in [9.17, 15) is 4.79 Å². The number of carbonyl (C=O) groups is 1. The van der Waals surface area contributed by atoms with Gasteiger partial charge in [-0.05, 0) is 23.6 Å². The summed E-state index contributed by atoms with van der Waals surface area (Å²) < 4.78 is 7.07. The number of aromatic nitrogens is 2. The highest BCUT2D eigenvalue weighted by molar-refractivity contribution is 6.33. The van der Waals surface area contributed by atoms with Crippen molar-refractivity contribution in [3.8, 4) is 0 Å². The standard InChI is InChI=1S/C24H27ClN4O2/c1-18-22(23(25)29(27-18)17-20-5-3-2-4-6-20)24(30)26-15-19-7-9-21(10-8-19)16-28-11-13-31-14-12-28/h2-10H,11-17H2,1H3,(H,26,30). The van der Waals surface area contributed by atoms with Crippen LogP contribution in [-0.2, 0) is 24.4 Å². The van der Waals surface area contributed by atoms with Gasteiger partial charge in [-0.1, -0.05) is 66.2 Å². The Balaban J connectivity index is 1.35. The van der Waals surface area contributed by atoms with E-state index >= 15 is 0 Å². The van der Waals surface area contributed by atoms with Crippen molar-refractivity contribution in [3.63, 3.8) is 0 Å². The average Bonchev–Trinajstić information content (AvgIpc) is 3.07. The Morgan fingerprint density at radius 2 is 1.65 bits per heavy atom. The summed E-state index contributed by atoms with van der Waals surface area (Å²) in [6, 6.07) is 18.3. The summed E-state index contributed by atoms with van der Waals surface area (Å²) in [7, 11) is 0. The van der Waals surface area contributed by atoms with E-state index in [1.807, 2.05) is 37.3 Å². The van der Waals surface area contributed by atoms with Gasteiger partial charge in [0.25, 0.3) is 5.91 Å². The summed E-state index contributed by atoms with van der Waals surface area (Å²) in [5.41, 5.74) is 4.44. The molecule has 2 heterocycles. The molecule has 7 heteroatoms. The molecule has 0 saturated carbocycles. The number of carbonyl (C=O) groups excluding carboxylic acids is 1. The van der Waals surface area contributed by atoms with Crippen LogP contribution in [0.1, 0.15) is 32.7 Å². The molecule has 6 nitrogen and oxygen atoms in total. The summed E-state index contributed by atoms with van der Waals surface area (Å²) in [5.74, 6) is -0.209. The number of hydrogen-bond donors (Lipinski definition) is 1. The Kier molecular flexibility index (Phi) is 7.02. The second kappa shape index (κ2) is 10.1. The lowest BCUT2D eigenvalue weighted by Crippen LogP contribution is -2.35. The molecule has 1 N–H and O–H groups in total. The fourth-order valence-corrected chi connectivity index (χ4v) is 4.04. The number of amides is 1. The molecule has 1 aromatic heterocycles. The molecule has 31 heavy (non-hydrogen) atoms. The minimum atomic E-state index is -0.209. The molecule has 1 fully saturated rings. The van der Waals surface area contributed by atoms with Crippen LogP contribution < -0.4 is 5.32 Å². The van der Waals surface area contributed by atoms with Crippen LogP contribution in [0.5, 0.6) is 0 Å². The minimum absolute atomic E-state index is 0.209. The average molecular weight is 439 g/mol. The van der Waals surface area contributed by atoms with Crippen LogP contribution in [0.15, 0.2) is 54.6 Å². The van der Waals surface area contributed by atoms with Crippen molar-refractivity contribution in [1.82, 2.24) is 20.0 Å². The number of nitrogens with one attached hydrogen (secondary N) is 1. The molecule has 0 radical (unpaired) electrons. The first kappa shape index (κ1) is 21.6. The molecule has 1 aliphatic rings. The third kappa shape index (κ3) is 5.53. The van der Waals surface area contributed by atoms with Gasteiger partial charge in [-0.25, -0.2) is 4.68 Å². The predicted octanol–water partition coefficient (Wildman–Crippen LogP) is 3.66. The maximum absolute atomic E-state index is 12.8. The van der Waals surface area contributed by atoms with Crippen LogP contribution in [0.4, 0.5) is 0 Å². The number of aryl methyl sites for hydroxylation is 1. The second-order valence-electron chi connectivity index (χ2n) is 7.78. The van der Waals surface area contributed by atoms with Gasteiger partial charge in [-0.2, -0.15) is 5.10 Å². The second-order valence-corrected chi connectivity index (χ2v) is 8.14. The third-order valence-corrected chi connectivity index (χ3v) is 5.84. The number of morpholine rings is 1. The molecule has 0 bridgehead atoms. The van der Waals surface area contributed by atoms with Crippen molar-refractivity contribution in [2.24, 2.45) is 0 Å². The van der Waals surface area contributed by atoms with Crippen molar-refractivity contribution in [3.05, 3.63) is 87.7 Å². The van der Waals surface area contributed by atoms with E-state index in [1.165, 1.54) is 5.56 Å². The lowest BCUT2D eigenvalue weighted by molar-refractivity contribution is 0.0342. The van der Waals surface area contributed by atoms with Crippen LogP contribution in [0.3, 0.4) is 0 Å². The number of nitrogens with zero attached hydrogens (tertiary/aromatic N) is 3. The number of rotatable bonds is 7. The van der Waals surface area contributed by atoms with Gasteiger partial charge in [-0.15, -0.1) is 0 Å². The van der Waals surface area contributed by atoms with Gasteiger partial charge < -0.3 is 10.1 Å². The maximum Gasteiger partial charge on any atom is 0.256 e. The molecular formula is C24H27ClN4O2. The fourth-order valence-electron chi connectivity index (χ4n) is 3.72. The smallest absolute Gasteiger partial charge is 0.256 e. The minimum Gasteiger partial charge on any atom is -0.379 e. The first-order valence-electron chi connectivity index (χ1n) is 10.5. The van der Waals surface area contributed by atoms with Crippen molar-refractivity contribution in [1.29, 1.82) is 0 Å². The first-order valence-corrected chi connectivity index (χ1v) is 10.9. The van der Waals surface area contributed by atoms with Crippen molar-refractivity contribution < 1.29 is 9.53 Å². The van der Waals surface area contributed by atoms with E-state index in [0.29, 0.717) is 29.5 Å². The van der Waals surface area contributed by atoms with Gasteiger partial charge in [0.2, 0.25) is 0 Å². The SMILES string of the molecule is Cc1nn(Cc2ccccc2)c(Cl)c1C(=O)NCc1ccc(CN2CCOCC2)cc1. The van der Waals surface area contributed by atoms with Crippen molar-refractivity contribution in [2.45, 2.75) is 26.6 Å². The molecule has 0 atom stereocenters. The van der Waals surface area contributed by atoms with Crippen LogP contribution in [-0.4, -0.2) is 46.9 Å². The molecule has 3 aromatic rings. The molecule has 4 rings (SSSR count). The molecule has 0 spiro atoms. The quantitative estimate of drug-likeness (QED) is 0.611. The third-order valence-electron chi connectivity index (χ3n) is 5.45. The highest BCUT2D eigenvalue weighted by Gasteiger charge is 2.20. The largest absolute Gasteiger partial charge is 0.379 e. The normalized spacial score (nSPS) is 14.5. The van der Waals surface area contributed by atoms with E-state index in [4.69, 9.17) is 16.3 Å². The Labute approximate surface area is 187 Å². The van der Waals surface area contributed by atoms with Crippen molar-refractivity contribution >= 4 is 17.5 Å². The van der Waals surface area contributed by atoms with Crippen LogP contribution >= 0.6 is 11.6 Å². The molecular weight excluding hydrogens is 412 g/mol. The summed E-state index contributed by atoms with van der Waals surface area (Å²) >= 11 is 6.50. The fraction of sp³-hybridized carbons (Fsp3) is 0.333. The van der Waals surface area contributed by atoms with Crippen LogP contribution in [0.2, 0.25) is 5.15 Å². The predicted molar refractivity (Wildman–Crippen MR) is 121 cm³/mol. The summed E-state index contributed by atoms with van der Waals surface area (Å²) in [6.07, 6.45) is 0. The van der Waals surface area contributed by atoms with Crippen LogP contribution in [0, 0.1) is 6.92 Å². The van der Waals surface area contributed by atoms with E-state index < -0.39 is 0 Å². The van der Waals surface area contributed by atoms with Gasteiger partial charge in [0.1, 0.15) is 5.15 Å². The van der Waals surface area contributed by atoms with Crippen molar-refractivity contribution in [2.75, 3.05) is 26.3 Å². The lowest BCUT2D eigenvalue weighted by atomic mass is 10.1. The molecule has 162 valence electrons. The monoisotopic (exact) mass is 438 g/mol. The number of halogens is 1. The highest BCUT2D eigenvalue weighted by Crippen LogP contribution is 2.21. The summed E-state index contributed by atoms with van der Waals surface area (Å²) in [4.78, 5) is 15.2. The Hall–Kier alpha value is -2.67. The summed E-state index contributed by atoms with van der Waals surface area (Å²) in [6.45, 7) is 7.23. The van der Waals surface area contributed by atoms with Gasteiger partial charge in [0.15, 0.2) is 0 Å². The molecule has 0 unspecified atom stereocenters. The van der Waals surface area contributed by atoms with Crippen LogP contribution in [0.25, 0.3) is 0 Å². The Bertz CT molecular complexity index is 1010. The molecule has 1 aliphatic heterocycles. The zero-order chi connectivity index (χ0) is 21.6. The zero-order valence-corrected chi connectivity index (χ0v) is 18.4. The number of benzene rings is 2. The topological polar surface area (TPSA) is 59.4 Å². The van der Waals surface area contributed by atoms with E-state index in [-0.39, 0.29) is 5.91 Å². The van der Waals surface area contributed by atoms with Gasteiger partial charge in [0, 0.05) is 26.2 Å². The Morgan fingerprint density at radius 3 is 2.35 bits per heavy atom. The van der Waals surface area contributed by atoms with Gasteiger partial charge in [-0.3, -0.25) is 9.69 Å². The zero-order valence-electron chi connectivity index (χ0n) is 17.7. The molecule has 1 amide bonds. The molecule has 2 aromatic carbocycles. The van der Waals surface area contributed by atoms with E-state index in [1.54, 1.807) is 4.68 Å². The number of hydrogen-bond acceptors (Lipinski definition) is 4. The van der Waals surface area contributed by atoms with Gasteiger partial charge >= 0.3 is 0 Å².